The molecule has 0 saturated carbocycles. The van der Waals surface area contributed by atoms with Gasteiger partial charge in [-0.05, 0) is 24.5 Å². The first-order valence-electron chi connectivity index (χ1n) is 7.17. The molecule has 2 heterocycles. The number of H-pyrrole nitrogens is 1. The lowest BCUT2D eigenvalue weighted by molar-refractivity contribution is 0.407. The van der Waals surface area contributed by atoms with Crippen molar-refractivity contribution < 1.29 is 9.15 Å². The largest absolute Gasteiger partial charge is 0.493 e. The zero-order valence-electron chi connectivity index (χ0n) is 12.7. The van der Waals surface area contributed by atoms with Crippen molar-refractivity contribution >= 4 is 21.7 Å². The number of hydrogen-bond donors (Lipinski definition) is 1. The molecule has 3 aromatic rings. The Labute approximate surface area is 126 Å². The molecule has 0 saturated heterocycles. The van der Waals surface area contributed by atoms with Gasteiger partial charge in [0.2, 0.25) is 0 Å². The van der Waals surface area contributed by atoms with Crippen LogP contribution in [-0.2, 0) is 6.42 Å². The number of rotatable bonds is 3. The van der Waals surface area contributed by atoms with E-state index < -0.39 is 11.2 Å². The monoisotopic (exact) mass is 299 g/mol. The number of fused-ring (bicyclic) bond motifs is 3. The van der Waals surface area contributed by atoms with Crippen molar-refractivity contribution in [1.29, 1.82) is 0 Å². The van der Waals surface area contributed by atoms with Gasteiger partial charge in [-0.15, -0.1) is 0 Å². The Kier molecular flexibility index (Phi) is 3.48. The SMILES string of the molecule is COc1cccc2c1oc(=O)c1c(=O)[nH]c(CC(C)C)cc12. The second-order valence-corrected chi connectivity index (χ2v) is 5.74. The Morgan fingerprint density at radius 1 is 1.23 bits per heavy atom. The van der Waals surface area contributed by atoms with Gasteiger partial charge in [0.15, 0.2) is 11.3 Å². The van der Waals surface area contributed by atoms with Gasteiger partial charge in [-0.1, -0.05) is 26.0 Å². The highest BCUT2D eigenvalue weighted by Gasteiger charge is 2.15. The van der Waals surface area contributed by atoms with Gasteiger partial charge in [0.05, 0.1) is 7.11 Å². The molecule has 0 unspecified atom stereocenters. The standard InChI is InChI=1S/C17H17NO4/c1-9(2)7-10-8-12-11-5-4-6-13(21-3)15(11)22-17(20)14(12)16(19)18-10/h4-6,8-9H,7H2,1-3H3,(H,18,19). The summed E-state index contributed by atoms with van der Waals surface area (Å²) in [5.74, 6) is 0.871. The molecule has 0 aliphatic rings. The van der Waals surface area contributed by atoms with Crippen molar-refractivity contribution in [2.75, 3.05) is 7.11 Å². The van der Waals surface area contributed by atoms with Crippen molar-refractivity contribution in [3.8, 4) is 5.75 Å². The molecule has 114 valence electrons. The van der Waals surface area contributed by atoms with E-state index in [-0.39, 0.29) is 5.39 Å². The maximum Gasteiger partial charge on any atom is 0.349 e. The Hall–Kier alpha value is -2.56. The Morgan fingerprint density at radius 3 is 2.68 bits per heavy atom. The summed E-state index contributed by atoms with van der Waals surface area (Å²) in [7, 11) is 1.51. The Morgan fingerprint density at radius 2 is 2.00 bits per heavy atom. The minimum Gasteiger partial charge on any atom is -0.493 e. The fraction of sp³-hybridized carbons (Fsp3) is 0.294. The number of pyridine rings is 1. The third kappa shape index (κ3) is 2.28. The molecule has 3 rings (SSSR count). The maximum absolute atomic E-state index is 12.3. The van der Waals surface area contributed by atoms with Crippen molar-refractivity contribution in [3.63, 3.8) is 0 Å². The summed E-state index contributed by atoms with van der Waals surface area (Å²) in [4.78, 5) is 27.2. The molecule has 0 fully saturated rings. The van der Waals surface area contributed by atoms with Gasteiger partial charge in [0.25, 0.3) is 5.56 Å². The van der Waals surface area contributed by atoms with Crippen LogP contribution in [0.4, 0.5) is 0 Å². The fourth-order valence-electron chi connectivity index (χ4n) is 2.72. The summed E-state index contributed by atoms with van der Waals surface area (Å²) in [6.07, 6.45) is 0.733. The highest BCUT2D eigenvalue weighted by atomic mass is 16.5. The predicted octanol–water partition coefficient (Wildman–Crippen LogP) is 2.84. The highest BCUT2D eigenvalue weighted by Crippen LogP contribution is 2.28. The van der Waals surface area contributed by atoms with Crippen molar-refractivity contribution in [2.45, 2.75) is 20.3 Å². The Bertz CT molecular complexity index is 966. The van der Waals surface area contributed by atoms with Crippen molar-refractivity contribution in [1.82, 2.24) is 4.98 Å². The summed E-state index contributed by atoms with van der Waals surface area (Å²) in [6.45, 7) is 4.14. The van der Waals surface area contributed by atoms with Crippen LogP contribution in [0.3, 0.4) is 0 Å². The van der Waals surface area contributed by atoms with E-state index in [9.17, 15) is 9.59 Å². The number of ether oxygens (including phenoxy) is 1. The van der Waals surface area contributed by atoms with Crippen molar-refractivity contribution in [3.05, 3.63) is 50.7 Å². The first kappa shape index (κ1) is 14.4. The van der Waals surface area contributed by atoms with E-state index >= 15 is 0 Å². The highest BCUT2D eigenvalue weighted by molar-refractivity contribution is 6.05. The van der Waals surface area contributed by atoms with E-state index in [1.807, 2.05) is 18.2 Å². The minimum atomic E-state index is -0.649. The molecule has 0 radical (unpaired) electrons. The third-order valence-corrected chi connectivity index (χ3v) is 3.61. The molecule has 22 heavy (non-hydrogen) atoms. The molecule has 1 aromatic carbocycles. The molecule has 0 amide bonds. The molecule has 1 N–H and O–H groups in total. The van der Waals surface area contributed by atoms with Gasteiger partial charge in [-0.25, -0.2) is 4.79 Å². The van der Waals surface area contributed by atoms with Crippen LogP contribution in [0.1, 0.15) is 19.5 Å². The van der Waals surface area contributed by atoms with E-state index in [1.54, 1.807) is 6.07 Å². The second kappa shape index (κ2) is 5.33. The average molecular weight is 299 g/mol. The van der Waals surface area contributed by atoms with Crippen LogP contribution in [0.15, 0.2) is 38.3 Å². The number of nitrogens with one attached hydrogen (secondary N) is 1. The third-order valence-electron chi connectivity index (χ3n) is 3.61. The number of aromatic nitrogens is 1. The van der Waals surface area contributed by atoms with Crippen LogP contribution < -0.4 is 15.9 Å². The maximum atomic E-state index is 12.3. The first-order chi connectivity index (χ1) is 10.5. The van der Waals surface area contributed by atoms with Gasteiger partial charge in [-0.3, -0.25) is 4.79 Å². The molecular formula is C17H17NO4. The number of methoxy groups -OCH3 is 1. The molecule has 0 atom stereocenters. The summed E-state index contributed by atoms with van der Waals surface area (Å²) in [6, 6.07) is 7.21. The molecule has 0 spiro atoms. The van der Waals surface area contributed by atoms with Crippen LogP contribution in [-0.4, -0.2) is 12.1 Å². The van der Waals surface area contributed by atoms with E-state index in [0.29, 0.717) is 28.0 Å². The quantitative estimate of drug-likeness (QED) is 0.596. The van der Waals surface area contributed by atoms with Gasteiger partial charge in [0, 0.05) is 16.5 Å². The number of aromatic amines is 1. The van der Waals surface area contributed by atoms with Crippen LogP contribution in [0.25, 0.3) is 21.7 Å². The van der Waals surface area contributed by atoms with E-state index in [0.717, 1.165) is 12.1 Å². The molecule has 5 heteroatoms. The first-order valence-corrected chi connectivity index (χ1v) is 7.17. The van der Waals surface area contributed by atoms with E-state index in [1.165, 1.54) is 7.11 Å². The number of para-hydroxylation sites is 1. The van der Waals surface area contributed by atoms with Crippen LogP contribution in [0.2, 0.25) is 0 Å². The fourth-order valence-corrected chi connectivity index (χ4v) is 2.72. The summed E-state index contributed by atoms with van der Waals surface area (Å²) in [5.41, 5.74) is 0.113. The Balaban J connectivity index is 2.47. The van der Waals surface area contributed by atoms with Crippen molar-refractivity contribution in [2.24, 2.45) is 5.92 Å². The number of benzene rings is 1. The molecule has 0 bridgehead atoms. The zero-order valence-corrected chi connectivity index (χ0v) is 12.7. The second-order valence-electron chi connectivity index (χ2n) is 5.74. The summed E-state index contributed by atoms with van der Waals surface area (Å²) < 4.78 is 10.5. The molecule has 5 nitrogen and oxygen atoms in total. The molecule has 0 aliphatic heterocycles. The topological polar surface area (TPSA) is 72.3 Å². The normalized spacial score (nSPS) is 11.5. The van der Waals surface area contributed by atoms with E-state index in [2.05, 4.69) is 18.8 Å². The lowest BCUT2D eigenvalue weighted by atomic mass is 10.0. The molecule has 2 aromatic heterocycles. The molecular weight excluding hydrogens is 282 g/mol. The van der Waals surface area contributed by atoms with Gasteiger partial charge in [0.1, 0.15) is 5.39 Å². The van der Waals surface area contributed by atoms with Crippen LogP contribution in [0, 0.1) is 5.92 Å². The van der Waals surface area contributed by atoms with E-state index in [4.69, 9.17) is 9.15 Å². The summed E-state index contributed by atoms with van der Waals surface area (Å²) >= 11 is 0. The smallest absolute Gasteiger partial charge is 0.349 e. The minimum absolute atomic E-state index is 0.0493. The van der Waals surface area contributed by atoms with Crippen LogP contribution >= 0.6 is 0 Å². The molecule has 0 aliphatic carbocycles. The van der Waals surface area contributed by atoms with Gasteiger partial charge >= 0.3 is 5.63 Å². The van der Waals surface area contributed by atoms with Gasteiger partial charge < -0.3 is 14.1 Å². The predicted molar refractivity (Wildman–Crippen MR) is 85.7 cm³/mol. The lowest BCUT2D eigenvalue weighted by Gasteiger charge is -2.09. The average Bonchev–Trinajstić information content (AvgIpc) is 2.45. The zero-order chi connectivity index (χ0) is 15.9. The van der Waals surface area contributed by atoms with Gasteiger partial charge in [-0.2, -0.15) is 0 Å². The lowest BCUT2D eigenvalue weighted by Crippen LogP contribution is -2.18. The number of hydrogen-bond acceptors (Lipinski definition) is 4. The summed E-state index contributed by atoms with van der Waals surface area (Å²) in [5, 5.41) is 1.35. The van der Waals surface area contributed by atoms with Crippen LogP contribution in [0.5, 0.6) is 5.75 Å².